The number of aromatic nitrogens is 1. The van der Waals surface area contributed by atoms with Gasteiger partial charge >= 0.3 is 5.97 Å². The van der Waals surface area contributed by atoms with Gasteiger partial charge in [-0.2, -0.15) is 4.57 Å². The number of para-hydroxylation sites is 1. The molecule has 0 saturated heterocycles. The Bertz CT molecular complexity index is 1850. The van der Waals surface area contributed by atoms with Crippen LogP contribution in [0, 0.1) is 0 Å². The summed E-state index contributed by atoms with van der Waals surface area (Å²) < 4.78 is 24.4. The Morgan fingerprint density at radius 3 is 2.43 bits per heavy atom. The molecule has 1 aromatic heterocycles. The van der Waals surface area contributed by atoms with Crippen molar-refractivity contribution in [1.29, 1.82) is 0 Å². The maximum atomic E-state index is 11.6. The van der Waals surface area contributed by atoms with E-state index in [4.69, 9.17) is 31.6 Å². The Labute approximate surface area is 282 Å². The number of benzene rings is 4. The molecule has 0 unspecified atom stereocenters. The molecule has 5 aromatic rings. The van der Waals surface area contributed by atoms with Crippen LogP contribution < -0.4 is 23.7 Å². The highest BCUT2D eigenvalue weighted by molar-refractivity contribution is 7.80. The Balaban J connectivity index is 1.31. The number of rotatable bonds is 14. The molecule has 242 valence electrons. The van der Waals surface area contributed by atoms with Crippen LogP contribution >= 0.6 is 12.6 Å². The molecule has 4 aromatic carbocycles. The van der Waals surface area contributed by atoms with Gasteiger partial charge in [-0.05, 0) is 73.0 Å². The predicted molar refractivity (Wildman–Crippen MR) is 191 cm³/mol. The molecular formula is C39H41N2O5S+. The highest BCUT2D eigenvalue weighted by Gasteiger charge is 2.16. The van der Waals surface area contributed by atoms with Crippen molar-refractivity contribution >= 4 is 41.3 Å². The first-order valence-electron chi connectivity index (χ1n) is 15.7. The fourth-order valence-corrected chi connectivity index (χ4v) is 5.92. The van der Waals surface area contributed by atoms with Gasteiger partial charge in [-0.3, -0.25) is 4.79 Å². The van der Waals surface area contributed by atoms with Crippen LogP contribution in [0.5, 0.6) is 17.2 Å². The van der Waals surface area contributed by atoms with Gasteiger partial charge in [-0.1, -0.05) is 36.4 Å². The van der Waals surface area contributed by atoms with Crippen LogP contribution in [0.4, 0.5) is 5.69 Å². The Hall–Kier alpha value is -4.95. The summed E-state index contributed by atoms with van der Waals surface area (Å²) in [4.78, 5) is 14.5. The molecule has 5 rings (SSSR count). The third kappa shape index (κ3) is 8.26. The molecule has 0 atom stereocenters. The predicted octanol–water partition coefficient (Wildman–Crippen LogP) is 7.98. The number of hydrogen-bond acceptors (Lipinski definition) is 7. The number of fused-ring (bicyclic) bond motifs is 1. The van der Waals surface area contributed by atoms with Crippen molar-refractivity contribution in [3.63, 3.8) is 0 Å². The zero-order valence-electron chi connectivity index (χ0n) is 27.3. The molecule has 0 radical (unpaired) electrons. The number of nitrogens with zero attached hydrogens (tertiary/aromatic N) is 2. The number of carbonyl (C=O) groups excluding carboxylic acids is 1. The number of anilines is 1. The second-order valence-electron chi connectivity index (χ2n) is 11.0. The van der Waals surface area contributed by atoms with Gasteiger partial charge in [0.05, 0.1) is 44.1 Å². The highest BCUT2D eigenvalue weighted by atomic mass is 32.1. The average Bonchev–Trinajstić information content (AvgIpc) is 3.09. The van der Waals surface area contributed by atoms with Crippen LogP contribution in [0.3, 0.4) is 0 Å². The number of esters is 1. The molecule has 0 saturated carbocycles. The Morgan fingerprint density at radius 1 is 0.915 bits per heavy atom. The van der Waals surface area contributed by atoms with Crippen LogP contribution in [-0.2, 0) is 16.1 Å². The van der Waals surface area contributed by atoms with Gasteiger partial charge < -0.3 is 23.8 Å². The van der Waals surface area contributed by atoms with E-state index in [1.54, 1.807) is 14.2 Å². The maximum absolute atomic E-state index is 11.6. The molecule has 0 bridgehead atoms. The van der Waals surface area contributed by atoms with Crippen LogP contribution in [0.15, 0.2) is 108 Å². The molecule has 0 aliphatic carbocycles. The quantitative estimate of drug-likeness (QED) is 0.0570. The summed E-state index contributed by atoms with van der Waals surface area (Å²) in [5.41, 5.74) is 6.20. The minimum Gasteiger partial charge on any atom is -0.496 e. The Morgan fingerprint density at radius 2 is 1.68 bits per heavy atom. The average molecular weight is 650 g/mol. The van der Waals surface area contributed by atoms with Crippen molar-refractivity contribution in [2.75, 3.05) is 39.4 Å². The van der Waals surface area contributed by atoms with Crippen molar-refractivity contribution in [2.45, 2.75) is 31.2 Å². The maximum Gasteiger partial charge on any atom is 0.305 e. The molecule has 7 nitrogen and oxygen atoms in total. The van der Waals surface area contributed by atoms with E-state index < -0.39 is 0 Å². The van der Waals surface area contributed by atoms with E-state index in [9.17, 15) is 4.79 Å². The van der Waals surface area contributed by atoms with Crippen LogP contribution in [0.25, 0.3) is 28.1 Å². The van der Waals surface area contributed by atoms with Crippen LogP contribution in [0.1, 0.15) is 30.9 Å². The minimum atomic E-state index is -0.190. The smallest absolute Gasteiger partial charge is 0.305 e. The first kappa shape index (κ1) is 33.4. The summed E-state index contributed by atoms with van der Waals surface area (Å²) in [5, 5.41) is 1.15. The standard InChI is InChI=1S/C39H40N2O5S/c1-5-45-38(42)17-10-24-46-31-12-8-11-28(25-31)27-41-23-21-29(32-13-6-7-14-33(32)41)20-22-40(2)34-19-18-30(26-37(34)47)39-35(43-3)15-9-16-36(39)44-4/h6-9,11-16,18-23,25-26H,5,10,17,24,27H2,1-4H3/p+1. The number of carbonyl (C=O) groups is 1. The number of methoxy groups -OCH3 is 2. The van der Waals surface area contributed by atoms with Gasteiger partial charge in [0.15, 0.2) is 12.7 Å². The van der Waals surface area contributed by atoms with E-state index in [2.05, 4.69) is 82.5 Å². The van der Waals surface area contributed by atoms with E-state index in [0.717, 1.165) is 61.0 Å². The second kappa shape index (κ2) is 16.1. The van der Waals surface area contributed by atoms with E-state index >= 15 is 0 Å². The fourth-order valence-electron chi connectivity index (χ4n) is 5.55. The molecule has 8 heteroatoms. The zero-order valence-corrected chi connectivity index (χ0v) is 28.2. The summed E-state index contributed by atoms with van der Waals surface area (Å²) in [6.45, 7) is 3.36. The van der Waals surface area contributed by atoms with E-state index in [-0.39, 0.29) is 5.97 Å². The highest BCUT2D eigenvalue weighted by Crippen LogP contribution is 2.40. The first-order valence-corrected chi connectivity index (χ1v) is 16.1. The summed E-state index contributed by atoms with van der Waals surface area (Å²) in [5.74, 6) is 2.09. The van der Waals surface area contributed by atoms with Gasteiger partial charge in [0.1, 0.15) is 17.2 Å². The molecule has 47 heavy (non-hydrogen) atoms. The molecule has 0 spiro atoms. The largest absolute Gasteiger partial charge is 0.496 e. The van der Waals surface area contributed by atoms with Crippen molar-refractivity contribution in [3.05, 3.63) is 115 Å². The van der Waals surface area contributed by atoms with Gasteiger partial charge in [-0.25, -0.2) is 0 Å². The third-order valence-electron chi connectivity index (χ3n) is 7.86. The van der Waals surface area contributed by atoms with Crippen LogP contribution in [-0.4, -0.2) is 40.5 Å². The van der Waals surface area contributed by atoms with Gasteiger partial charge in [0.25, 0.3) is 0 Å². The minimum absolute atomic E-state index is 0.190. The number of ether oxygens (including phenoxy) is 4. The molecule has 0 aliphatic rings. The topological polar surface area (TPSA) is 61.1 Å². The fraction of sp³-hybridized carbons (Fsp3) is 0.231. The molecule has 1 heterocycles. The van der Waals surface area contributed by atoms with Gasteiger partial charge in [0.2, 0.25) is 5.52 Å². The van der Waals surface area contributed by atoms with E-state index in [0.29, 0.717) is 32.6 Å². The van der Waals surface area contributed by atoms with Crippen molar-refractivity contribution in [2.24, 2.45) is 0 Å². The zero-order chi connectivity index (χ0) is 33.2. The molecule has 0 N–H and O–H groups in total. The first-order chi connectivity index (χ1) is 22.9. The lowest BCUT2D eigenvalue weighted by Crippen LogP contribution is -2.34. The molecular weight excluding hydrogens is 609 g/mol. The summed E-state index contributed by atoms with van der Waals surface area (Å²) in [6.07, 6.45) is 7.28. The van der Waals surface area contributed by atoms with Crippen LogP contribution in [0.2, 0.25) is 0 Å². The lowest BCUT2D eigenvalue weighted by atomic mass is 10.0. The van der Waals surface area contributed by atoms with Gasteiger partial charge in [0, 0.05) is 42.3 Å². The normalized spacial score (nSPS) is 11.1. The number of thiol groups is 1. The van der Waals surface area contributed by atoms with Gasteiger partial charge in [-0.15, -0.1) is 12.6 Å². The Kier molecular flexibility index (Phi) is 11.4. The number of hydrogen-bond donors (Lipinski definition) is 1. The SMILES string of the molecule is CCOC(=O)CCCOc1cccc(C[n+]2ccc(/C=C\N(C)c3ccc(-c4c(OC)cccc4OC)cc3S)c3ccccc32)c1. The second-order valence-corrected chi connectivity index (χ2v) is 11.5. The molecule has 0 fully saturated rings. The third-order valence-corrected chi connectivity index (χ3v) is 8.22. The van der Waals surface area contributed by atoms with E-state index in [1.807, 2.05) is 50.4 Å². The monoisotopic (exact) mass is 649 g/mol. The molecule has 0 aliphatic heterocycles. The lowest BCUT2D eigenvalue weighted by Gasteiger charge is -2.19. The van der Waals surface area contributed by atoms with E-state index in [1.165, 1.54) is 0 Å². The van der Waals surface area contributed by atoms with Crippen molar-refractivity contribution in [3.8, 4) is 28.4 Å². The molecule has 0 amide bonds. The lowest BCUT2D eigenvalue weighted by molar-refractivity contribution is -0.662. The van der Waals surface area contributed by atoms with Crippen molar-refractivity contribution in [1.82, 2.24) is 0 Å². The summed E-state index contributed by atoms with van der Waals surface area (Å²) in [6, 6.07) is 30.6. The number of pyridine rings is 1. The summed E-state index contributed by atoms with van der Waals surface area (Å²) >= 11 is 4.84. The van der Waals surface area contributed by atoms with Crippen molar-refractivity contribution < 1.29 is 28.3 Å². The summed E-state index contributed by atoms with van der Waals surface area (Å²) in [7, 11) is 5.34.